The van der Waals surface area contributed by atoms with Crippen LogP contribution in [-0.2, 0) is 16.0 Å². The molecule has 1 aromatic carbocycles. The number of piperidine rings is 1. The van der Waals surface area contributed by atoms with Gasteiger partial charge in [-0.1, -0.05) is 12.1 Å². The lowest BCUT2D eigenvalue weighted by Crippen LogP contribution is -2.45. The molecule has 0 saturated carbocycles. The maximum Gasteiger partial charge on any atom is 0.244 e. The minimum Gasteiger partial charge on any atom is -0.355 e. The first-order valence-electron chi connectivity index (χ1n) is 8.43. The third kappa shape index (κ3) is 3.69. The largest absolute Gasteiger partial charge is 0.355 e. The Kier molecular flexibility index (Phi) is 4.46. The van der Waals surface area contributed by atoms with Gasteiger partial charge in [0.1, 0.15) is 5.82 Å². The van der Waals surface area contributed by atoms with Gasteiger partial charge in [0.05, 0.1) is 19.4 Å². The van der Waals surface area contributed by atoms with Gasteiger partial charge in [-0.25, -0.2) is 4.39 Å². The van der Waals surface area contributed by atoms with Crippen molar-refractivity contribution in [2.45, 2.75) is 25.2 Å². The molecule has 0 bridgehead atoms. The predicted octanol–water partition coefficient (Wildman–Crippen LogP) is 1.97. The van der Waals surface area contributed by atoms with Gasteiger partial charge in [-0.15, -0.1) is 5.10 Å². The Labute approximate surface area is 145 Å². The molecule has 0 unspecified atom stereocenters. The van der Waals surface area contributed by atoms with Crippen LogP contribution in [0.3, 0.4) is 0 Å². The molecule has 3 heterocycles. The van der Waals surface area contributed by atoms with Gasteiger partial charge in [0.2, 0.25) is 5.95 Å². The second kappa shape index (κ2) is 6.89. The van der Waals surface area contributed by atoms with E-state index in [9.17, 15) is 4.39 Å². The van der Waals surface area contributed by atoms with Gasteiger partial charge in [-0.3, -0.25) is 0 Å². The van der Waals surface area contributed by atoms with Crippen LogP contribution in [0.25, 0.3) is 0 Å². The normalized spacial score (nSPS) is 19.3. The number of rotatable bonds is 4. The molecule has 2 aliphatic rings. The molecule has 132 valence electrons. The van der Waals surface area contributed by atoms with Crippen molar-refractivity contribution in [3.05, 3.63) is 41.8 Å². The fourth-order valence-corrected chi connectivity index (χ4v) is 3.17. The van der Waals surface area contributed by atoms with Crippen LogP contribution >= 0.6 is 0 Å². The molecule has 1 aromatic heterocycles. The molecule has 0 radical (unpaired) electrons. The van der Waals surface area contributed by atoms with E-state index in [-0.39, 0.29) is 5.82 Å². The summed E-state index contributed by atoms with van der Waals surface area (Å²) in [4.78, 5) is 6.69. The van der Waals surface area contributed by atoms with Crippen LogP contribution in [0.5, 0.6) is 0 Å². The first-order chi connectivity index (χ1) is 12.2. The van der Waals surface area contributed by atoms with E-state index in [2.05, 4.69) is 25.4 Å². The van der Waals surface area contributed by atoms with Crippen LogP contribution in [0, 0.1) is 5.82 Å². The molecule has 0 aliphatic carbocycles. The number of nitrogens with zero attached hydrogens (tertiary/aromatic N) is 4. The molecule has 0 amide bonds. The average molecular weight is 345 g/mol. The number of nitrogens with one attached hydrogen (secondary N) is 1. The Bertz CT molecular complexity index is 711. The molecule has 25 heavy (non-hydrogen) atoms. The lowest BCUT2D eigenvalue weighted by Gasteiger charge is -2.37. The molecule has 2 aromatic rings. The van der Waals surface area contributed by atoms with Crippen molar-refractivity contribution in [3.8, 4) is 0 Å². The van der Waals surface area contributed by atoms with Gasteiger partial charge in [0, 0.05) is 32.5 Å². The van der Waals surface area contributed by atoms with Gasteiger partial charge < -0.3 is 19.7 Å². The van der Waals surface area contributed by atoms with Crippen molar-refractivity contribution in [3.63, 3.8) is 0 Å². The first kappa shape index (κ1) is 16.2. The number of anilines is 2. The number of aromatic nitrogens is 3. The minimum absolute atomic E-state index is 0.248. The summed E-state index contributed by atoms with van der Waals surface area (Å²) in [6, 6.07) is 6.32. The second-order valence-corrected chi connectivity index (χ2v) is 6.21. The van der Waals surface area contributed by atoms with Crippen LogP contribution in [0.15, 0.2) is 30.5 Å². The van der Waals surface area contributed by atoms with Crippen LogP contribution < -0.4 is 10.2 Å². The average Bonchev–Trinajstić information content (AvgIpc) is 3.10. The van der Waals surface area contributed by atoms with Gasteiger partial charge in [-0.2, -0.15) is 10.1 Å². The molecular formula is C17H20FN5O2. The SMILES string of the molecule is Fc1ccc(CNc2nncc(N3CCC4(CC3)OCCO4)n2)cc1. The number of halogens is 1. The van der Waals surface area contributed by atoms with Crippen molar-refractivity contribution in [2.75, 3.05) is 36.5 Å². The van der Waals surface area contributed by atoms with Crippen molar-refractivity contribution in [1.29, 1.82) is 0 Å². The Morgan fingerprint density at radius 3 is 2.56 bits per heavy atom. The van der Waals surface area contributed by atoms with Crippen LogP contribution in [0.2, 0.25) is 0 Å². The van der Waals surface area contributed by atoms with E-state index in [0.717, 1.165) is 37.3 Å². The molecule has 1 spiro atoms. The molecule has 7 nitrogen and oxygen atoms in total. The van der Waals surface area contributed by atoms with Crippen LogP contribution in [0.4, 0.5) is 16.2 Å². The molecule has 1 N–H and O–H groups in total. The van der Waals surface area contributed by atoms with Crippen LogP contribution in [0.1, 0.15) is 18.4 Å². The van der Waals surface area contributed by atoms with E-state index in [1.54, 1.807) is 18.3 Å². The van der Waals surface area contributed by atoms with Crippen molar-refractivity contribution in [1.82, 2.24) is 15.2 Å². The fraction of sp³-hybridized carbons (Fsp3) is 0.471. The molecule has 4 rings (SSSR count). The lowest BCUT2D eigenvalue weighted by molar-refractivity contribution is -0.169. The van der Waals surface area contributed by atoms with E-state index in [0.29, 0.717) is 25.7 Å². The zero-order valence-electron chi connectivity index (χ0n) is 13.8. The standard InChI is InChI=1S/C17H20FN5O2/c18-14-3-1-13(2-4-14)11-19-16-21-15(12-20-22-16)23-7-5-17(6-8-23)24-9-10-25-17/h1-4,12H,5-11H2,(H,19,21,22). The molecule has 8 heteroatoms. The zero-order valence-corrected chi connectivity index (χ0v) is 13.8. The Hall–Kier alpha value is -2.32. The van der Waals surface area contributed by atoms with Gasteiger partial charge in [0.15, 0.2) is 11.6 Å². The molecular weight excluding hydrogens is 325 g/mol. The summed E-state index contributed by atoms with van der Waals surface area (Å²) >= 11 is 0. The summed E-state index contributed by atoms with van der Waals surface area (Å²) in [6.07, 6.45) is 3.29. The van der Waals surface area contributed by atoms with Crippen LogP contribution in [-0.4, -0.2) is 47.3 Å². The van der Waals surface area contributed by atoms with E-state index in [4.69, 9.17) is 9.47 Å². The van der Waals surface area contributed by atoms with E-state index < -0.39 is 5.79 Å². The summed E-state index contributed by atoms with van der Waals surface area (Å²) in [5.41, 5.74) is 0.950. The topological polar surface area (TPSA) is 72.4 Å². The maximum absolute atomic E-state index is 12.9. The predicted molar refractivity (Wildman–Crippen MR) is 89.6 cm³/mol. The van der Waals surface area contributed by atoms with Crippen molar-refractivity contribution in [2.24, 2.45) is 0 Å². The van der Waals surface area contributed by atoms with Crippen molar-refractivity contribution >= 4 is 11.8 Å². The third-order valence-electron chi connectivity index (χ3n) is 4.57. The first-order valence-corrected chi connectivity index (χ1v) is 8.43. The third-order valence-corrected chi connectivity index (χ3v) is 4.57. The highest BCUT2D eigenvalue weighted by molar-refractivity contribution is 5.41. The Balaban J connectivity index is 1.37. The maximum atomic E-state index is 12.9. The highest BCUT2D eigenvalue weighted by atomic mass is 19.1. The molecule has 0 atom stereocenters. The van der Waals surface area contributed by atoms with Gasteiger partial charge in [-0.05, 0) is 17.7 Å². The molecule has 2 saturated heterocycles. The summed E-state index contributed by atoms with van der Waals surface area (Å²) in [5, 5.41) is 11.2. The van der Waals surface area contributed by atoms with Gasteiger partial charge in [0.25, 0.3) is 0 Å². The Morgan fingerprint density at radius 2 is 1.84 bits per heavy atom. The number of hydrogen-bond donors (Lipinski definition) is 1. The highest BCUT2D eigenvalue weighted by Crippen LogP contribution is 2.32. The van der Waals surface area contributed by atoms with E-state index in [1.807, 2.05) is 0 Å². The lowest BCUT2D eigenvalue weighted by atomic mass is 10.0. The second-order valence-electron chi connectivity index (χ2n) is 6.21. The number of benzene rings is 1. The summed E-state index contributed by atoms with van der Waals surface area (Å²) in [5.74, 6) is 0.586. The number of hydrogen-bond acceptors (Lipinski definition) is 7. The van der Waals surface area contributed by atoms with Crippen molar-refractivity contribution < 1.29 is 13.9 Å². The smallest absolute Gasteiger partial charge is 0.244 e. The summed E-state index contributed by atoms with van der Waals surface area (Å²) in [6.45, 7) is 3.46. The van der Waals surface area contributed by atoms with Gasteiger partial charge >= 0.3 is 0 Å². The monoisotopic (exact) mass is 345 g/mol. The van der Waals surface area contributed by atoms with E-state index >= 15 is 0 Å². The quantitative estimate of drug-likeness (QED) is 0.908. The molecule has 2 aliphatic heterocycles. The highest BCUT2D eigenvalue weighted by Gasteiger charge is 2.40. The Morgan fingerprint density at radius 1 is 1.12 bits per heavy atom. The molecule has 2 fully saturated rings. The number of ether oxygens (including phenoxy) is 2. The summed E-state index contributed by atoms with van der Waals surface area (Å²) < 4.78 is 24.4. The minimum atomic E-state index is -0.402. The summed E-state index contributed by atoms with van der Waals surface area (Å²) in [7, 11) is 0. The van der Waals surface area contributed by atoms with E-state index in [1.165, 1.54) is 12.1 Å². The zero-order chi connectivity index (χ0) is 17.1. The fourth-order valence-electron chi connectivity index (χ4n) is 3.17.